The van der Waals surface area contributed by atoms with Crippen molar-refractivity contribution in [1.29, 1.82) is 0 Å². The molecule has 3 fully saturated rings. The summed E-state index contributed by atoms with van der Waals surface area (Å²) in [6.07, 6.45) is 1.79. The summed E-state index contributed by atoms with van der Waals surface area (Å²) in [6, 6.07) is 19.1. The first-order valence-corrected chi connectivity index (χ1v) is 22.8. The van der Waals surface area contributed by atoms with Gasteiger partial charge in [0, 0.05) is 33.7 Å². The molecule has 0 spiro atoms. The van der Waals surface area contributed by atoms with Gasteiger partial charge in [-0.2, -0.15) is 4.98 Å². The second-order valence-electron chi connectivity index (χ2n) is 17.4. The van der Waals surface area contributed by atoms with Crippen molar-refractivity contribution in [3.8, 4) is 23.0 Å². The Kier molecular flexibility index (Phi) is 11.1. The van der Waals surface area contributed by atoms with Gasteiger partial charge in [-0.3, -0.25) is 19.1 Å². The van der Waals surface area contributed by atoms with Crippen LogP contribution >= 0.6 is 11.3 Å². The Morgan fingerprint density at radius 3 is 2.39 bits per heavy atom. The summed E-state index contributed by atoms with van der Waals surface area (Å²) in [5.41, 5.74) is -0.335. The van der Waals surface area contributed by atoms with E-state index < -0.39 is 68.0 Å². The summed E-state index contributed by atoms with van der Waals surface area (Å²) in [4.78, 5) is 54.4. The minimum Gasteiger partial charge on any atom is -0.491 e. The third-order valence-electron chi connectivity index (χ3n) is 11.3. The van der Waals surface area contributed by atoms with Crippen LogP contribution in [-0.2, 0) is 24.4 Å². The zero-order chi connectivity index (χ0) is 43.4. The summed E-state index contributed by atoms with van der Waals surface area (Å²) in [5.74, 6) is -1.60. The van der Waals surface area contributed by atoms with E-state index in [1.54, 1.807) is 6.07 Å². The van der Waals surface area contributed by atoms with E-state index in [-0.39, 0.29) is 37.3 Å². The fourth-order valence-corrected chi connectivity index (χ4v) is 10.2. The number of thiophene rings is 1. The van der Waals surface area contributed by atoms with Crippen molar-refractivity contribution < 1.29 is 36.7 Å². The van der Waals surface area contributed by atoms with Gasteiger partial charge in [0.05, 0.1) is 23.4 Å². The number of aromatic nitrogens is 2. The maximum Gasteiger partial charge on any atom is 0.259 e. The number of fused-ring (bicyclic) bond motifs is 3. The van der Waals surface area contributed by atoms with Crippen molar-refractivity contribution in [3.05, 3.63) is 91.3 Å². The summed E-state index contributed by atoms with van der Waals surface area (Å²) in [5, 5.41) is 6.17. The minimum absolute atomic E-state index is 0.0121. The maximum absolute atomic E-state index is 14.9. The van der Waals surface area contributed by atoms with Crippen molar-refractivity contribution in [2.45, 2.75) is 95.4 Å². The van der Waals surface area contributed by atoms with Gasteiger partial charge < -0.3 is 25.0 Å². The van der Waals surface area contributed by atoms with E-state index in [1.807, 2.05) is 89.2 Å². The summed E-state index contributed by atoms with van der Waals surface area (Å²) >= 11 is 1.34. The van der Waals surface area contributed by atoms with Gasteiger partial charge in [0.25, 0.3) is 5.91 Å². The minimum atomic E-state index is -3.92. The topological polar surface area (TPSA) is 169 Å². The number of likely N-dealkylation sites (tertiary alicyclic amines) is 1. The lowest BCUT2D eigenvalue weighted by molar-refractivity contribution is -0.141. The molecule has 2 aromatic heterocycles. The molecule has 13 nitrogen and oxygen atoms in total. The van der Waals surface area contributed by atoms with Crippen molar-refractivity contribution in [1.82, 2.24) is 24.9 Å². The highest BCUT2D eigenvalue weighted by Crippen LogP contribution is 2.46. The number of halogens is 1. The van der Waals surface area contributed by atoms with Gasteiger partial charge in [0.2, 0.25) is 27.7 Å². The maximum atomic E-state index is 14.9. The third-order valence-corrected chi connectivity index (χ3v) is 14.3. The number of nitrogens with one attached hydrogen (secondary N) is 3. The largest absolute Gasteiger partial charge is 0.491 e. The second-order valence-corrected chi connectivity index (χ2v) is 20.5. The number of benzene rings is 3. The molecule has 0 bridgehead atoms. The number of amides is 3. The number of rotatable bonds is 14. The molecule has 1 saturated heterocycles. The molecule has 0 unspecified atom stereocenters. The highest BCUT2D eigenvalue weighted by atomic mass is 32.2. The van der Waals surface area contributed by atoms with Crippen molar-refractivity contribution in [3.63, 3.8) is 0 Å². The van der Waals surface area contributed by atoms with Crippen LogP contribution in [0.3, 0.4) is 0 Å². The van der Waals surface area contributed by atoms with Crippen LogP contribution in [0, 0.1) is 17.2 Å². The van der Waals surface area contributed by atoms with E-state index in [0.717, 1.165) is 4.70 Å². The first-order chi connectivity index (χ1) is 29.0. The van der Waals surface area contributed by atoms with Crippen LogP contribution < -0.4 is 24.8 Å². The number of carbonyl (C=O) groups is 3. The molecule has 5 atom stereocenters. The zero-order valence-corrected chi connectivity index (χ0v) is 36.2. The van der Waals surface area contributed by atoms with Gasteiger partial charge in [-0.05, 0) is 93.1 Å². The van der Waals surface area contributed by atoms with E-state index >= 15 is 0 Å². The Hall–Kier alpha value is -5.61. The number of hydrogen-bond donors (Lipinski definition) is 3. The highest BCUT2D eigenvalue weighted by Gasteiger charge is 2.62. The average molecular weight is 869 g/mol. The summed E-state index contributed by atoms with van der Waals surface area (Å²) in [6.45, 7) is 13.4. The Labute approximate surface area is 358 Å². The quantitative estimate of drug-likeness (QED) is 0.0991. The van der Waals surface area contributed by atoms with E-state index in [0.29, 0.717) is 51.3 Å². The zero-order valence-electron chi connectivity index (χ0n) is 34.6. The van der Waals surface area contributed by atoms with Crippen molar-refractivity contribution in [2.24, 2.45) is 11.3 Å². The highest BCUT2D eigenvalue weighted by molar-refractivity contribution is 7.91. The number of hydrogen-bond acceptors (Lipinski definition) is 11. The molecule has 3 aliphatic rings. The molecule has 320 valence electrons. The van der Waals surface area contributed by atoms with Crippen LogP contribution in [0.15, 0.2) is 85.5 Å². The molecule has 3 heterocycles. The van der Waals surface area contributed by atoms with Gasteiger partial charge in [-0.25, -0.2) is 17.8 Å². The fourth-order valence-electron chi connectivity index (χ4n) is 7.82. The Bertz CT molecular complexity index is 2630. The number of carbonyl (C=O) groups excluding carboxylic acids is 3. The van der Waals surface area contributed by atoms with Crippen LogP contribution in [0.4, 0.5) is 10.1 Å². The third kappa shape index (κ3) is 8.65. The normalized spacial score (nSPS) is 21.9. The average Bonchev–Trinajstić information content (AvgIpc) is 4.12. The molecule has 3 amide bonds. The summed E-state index contributed by atoms with van der Waals surface area (Å²) in [7, 11) is -3.92. The van der Waals surface area contributed by atoms with E-state index in [2.05, 4.69) is 21.9 Å². The predicted octanol–water partition coefficient (Wildman–Crippen LogP) is 6.98. The molecular formula is C45H49FN6O7S2. The van der Waals surface area contributed by atoms with Crippen LogP contribution in [0.2, 0.25) is 0 Å². The lowest BCUT2D eigenvalue weighted by Gasteiger charge is -2.36. The molecule has 3 aromatic carbocycles. The van der Waals surface area contributed by atoms with Gasteiger partial charge in [0.1, 0.15) is 40.0 Å². The molecule has 61 heavy (non-hydrogen) atoms. The molecule has 8 rings (SSSR count). The first-order valence-electron chi connectivity index (χ1n) is 20.4. The van der Waals surface area contributed by atoms with E-state index in [1.165, 1.54) is 34.4 Å². The molecular weight excluding hydrogens is 820 g/mol. The van der Waals surface area contributed by atoms with Gasteiger partial charge in [0.15, 0.2) is 5.82 Å². The lowest BCUT2D eigenvalue weighted by atomic mass is 9.85. The van der Waals surface area contributed by atoms with Crippen LogP contribution in [-0.4, -0.2) is 82.6 Å². The van der Waals surface area contributed by atoms with Crippen LogP contribution in [0.25, 0.3) is 31.7 Å². The molecule has 16 heteroatoms. The number of sulfonamides is 1. The molecule has 0 radical (unpaired) electrons. The van der Waals surface area contributed by atoms with Crippen molar-refractivity contribution in [2.75, 3.05) is 11.9 Å². The van der Waals surface area contributed by atoms with Crippen molar-refractivity contribution >= 4 is 65.1 Å². The predicted molar refractivity (Wildman–Crippen MR) is 233 cm³/mol. The standard InChI is InChI=1S/C45H49FN6O7S2/c1-7-27-23-45(27,43(55)51-61(56,57)32-18-19-32)50-40(53)34-22-31(24-52(34)42(54)38(44(4,5)6)47-29-11-9-8-10-12-29)59-41-37-36(33-21-28(46)15-20-35(33)60-37)48-39(49-41)26-13-16-30(17-14-26)58-25(2)3/h7-17,20-21,25,27,31-32,34,38,47H,1,18-19,22-24H2,2-6H3,(H,50,53)(H,51,55)/t27-,31-,34+,38-,45-/m1/s1. The fraction of sp³-hybridized carbons (Fsp3) is 0.400. The SMILES string of the molecule is C=C[C@@H]1C[C@]1(NC(=O)[C@@H]1C[C@@H](Oc2nc(-c3ccc(OC(C)C)cc3)nc3c2sc2ccc(F)cc23)CN1C(=O)[C@@H](Nc1ccccc1)C(C)(C)C)C(=O)NS(=O)(=O)C1CC1. The monoisotopic (exact) mass is 868 g/mol. The number of anilines is 1. The molecule has 5 aromatic rings. The molecule has 2 aliphatic carbocycles. The molecule has 3 N–H and O–H groups in total. The van der Waals surface area contributed by atoms with Crippen LogP contribution in [0.1, 0.15) is 60.3 Å². The number of para-hydroxylation sites is 1. The smallest absolute Gasteiger partial charge is 0.259 e. The van der Waals surface area contributed by atoms with Gasteiger partial charge >= 0.3 is 0 Å². The van der Waals surface area contributed by atoms with Gasteiger partial charge in [-0.15, -0.1) is 17.9 Å². The van der Waals surface area contributed by atoms with Gasteiger partial charge in [-0.1, -0.05) is 45.0 Å². The Morgan fingerprint density at radius 2 is 1.75 bits per heavy atom. The molecule has 2 saturated carbocycles. The van der Waals surface area contributed by atoms with E-state index in [9.17, 15) is 27.2 Å². The number of nitrogens with zero attached hydrogens (tertiary/aromatic N) is 3. The van der Waals surface area contributed by atoms with Crippen LogP contribution in [0.5, 0.6) is 11.6 Å². The lowest BCUT2D eigenvalue weighted by Crippen LogP contribution is -2.58. The first kappa shape index (κ1) is 42.1. The number of ether oxygens (including phenoxy) is 2. The Morgan fingerprint density at radius 1 is 1.03 bits per heavy atom. The Balaban J connectivity index is 1.15. The van der Waals surface area contributed by atoms with E-state index in [4.69, 9.17) is 19.4 Å². The summed E-state index contributed by atoms with van der Waals surface area (Å²) < 4.78 is 56.5. The molecule has 1 aliphatic heterocycles. The second kappa shape index (κ2) is 16.0.